The number of aliphatic hydroxyl groups excluding tert-OH is 1. The van der Waals surface area contributed by atoms with Crippen molar-refractivity contribution in [2.45, 2.75) is 20.3 Å². The summed E-state index contributed by atoms with van der Waals surface area (Å²) in [5.74, 6) is 0. The van der Waals surface area contributed by atoms with Crippen LogP contribution in [0.1, 0.15) is 16.8 Å². The lowest BCUT2D eigenvalue weighted by Crippen LogP contribution is -1.95. The van der Waals surface area contributed by atoms with Crippen molar-refractivity contribution >= 4 is 15.9 Å². The monoisotopic (exact) mass is 294 g/mol. The van der Waals surface area contributed by atoms with Crippen LogP contribution in [0, 0.1) is 13.8 Å². The number of aryl methyl sites for hydroxylation is 2. The van der Waals surface area contributed by atoms with Crippen molar-refractivity contribution in [3.8, 4) is 5.69 Å². The van der Waals surface area contributed by atoms with Crippen LogP contribution in [0.3, 0.4) is 0 Å². The first-order chi connectivity index (χ1) is 8.11. The molecule has 1 aromatic heterocycles. The molecule has 90 valence electrons. The first kappa shape index (κ1) is 12.3. The van der Waals surface area contributed by atoms with Gasteiger partial charge in [0.1, 0.15) is 0 Å². The second kappa shape index (κ2) is 5.02. The molecule has 0 fully saturated rings. The Morgan fingerprint density at radius 2 is 2.12 bits per heavy atom. The fourth-order valence-corrected chi connectivity index (χ4v) is 2.01. The Labute approximate surface area is 109 Å². The van der Waals surface area contributed by atoms with Gasteiger partial charge in [0.25, 0.3) is 0 Å². The van der Waals surface area contributed by atoms with E-state index in [1.165, 1.54) is 5.56 Å². The van der Waals surface area contributed by atoms with Crippen molar-refractivity contribution in [1.29, 1.82) is 0 Å². The van der Waals surface area contributed by atoms with E-state index in [-0.39, 0.29) is 6.61 Å². The van der Waals surface area contributed by atoms with E-state index >= 15 is 0 Å². The maximum Gasteiger partial charge on any atom is 0.0649 e. The van der Waals surface area contributed by atoms with Crippen molar-refractivity contribution in [2.75, 3.05) is 6.61 Å². The highest BCUT2D eigenvalue weighted by molar-refractivity contribution is 9.10. The number of hydrogen-bond acceptors (Lipinski definition) is 2. The third kappa shape index (κ3) is 2.58. The summed E-state index contributed by atoms with van der Waals surface area (Å²) >= 11 is 3.48. The molecule has 0 unspecified atom stereocenters. The highest BCUT2D eigenvalue weighted by Gasteiger charge is 2.06. The largest absolute Gasteiger partial charge is 0.396 e. The Bertz CT molecular complexity index is 534. The zero-order chi connectivity index (χ0) is 12.4. The van der Waals surface area contributed by atoms with Gasteiger partial charge < -0.3 is 5.11 Å². The quantitative estimate of drug-likeness (QED) is 0.945. The lowest BCUT2D eigenvalue weighted by Gasteiger charge is -2.04. The van der Waals surface area contributed by atoms with Gasteiger partial charge in [-0.1, -0.05) is 15.9 Å². The third-order valence-corrected chi connectivity index (χ3v) is 3.68. The van der Waals surface area contributed by atoms with Crippen LogP contribution in [0.2, 0.25) is 0 Å². The van der Waals surface area contributed by atoms with E-state index in [1.807, 2.05) is 29.9 Å². The summed E-state index contributed by atoms with van der Waals surface area (Å²) in [7, 11) is 0. The average Bonchev–Trinajstić information content (AvgIpc) is 2.65. The van der Waals surface area contributed by atoms with Crippen molar-refractivity contribution in [1.82, 2.24) is 9.78 Å². The SMILES string of the molecule is Cc1cc(-n2cc(CCO)c(C)n2)ccc1Br. The minimum absolute atomic E-state index is 0.159. The molecule has 0 radical (unpaired) electrons. The highest BCUT2D eigenvalue weighted by Crippen LogP contribution is 2.20. The smallest absolute Gasteiger partial charge is 0.0649 e. The lowest BCUT2D eigenvalue weighted by atomic mass is 10.2. The van der Waals surface area contributed by atoms with Crippen LogP contribution in [0.25, 0.3) is 5.69 Å². The van der Waals surface area contributed by atoms with Crippen molar-refractivity contribution in [3.63, 3.8) is 0 Å². The normalized spacial score (nSPS) is 10.8. The van der Waals surface area contributed by atoms with E-state index in [4.69, 9.17) is 5.11 Å². The summed E-state index contributed by atoms with van der Waals surface area (Å²) in [4.78, 5) is 0. The summed E-state index contributed by atoms with van der Waals surface area (Å²) in [6.45, 7) is 4.18. The zero-order valence-electron chi connectivity index (χ0n) is 9.94. The molecular formula is C13H15BrN2O. The van der Waals surface area contributed by atoms with Crippen molar-refractivity contribution in [3.05, 3.63) is 45.7 Å². The Morgan fingerprint density at radius 1 is 1.35 bits per heavy atom. The van der Waals surface area contributed by atoms with Gasteiger partial charge in [-0.3, -0.25) is 0 Å². The van der Waals surface area contributed by atoms with Crippen LogP contribution >= 0.6 is 15.9 Å². The predicted octanol–water partition coefficient (Wildman–Crippen LogP) is 2.79. The zero-order valence-corrected chi connectivity index (χ0v) is 11.5. The van der Waals surface area contributed by atoms with Crippen LogP contribution < -0.4 is 0 Å². The molecule has 1 heterocycles. The van der Waals surface area contributed by atoms with E-state index in [0.29, 0.717) is 6.42 Å². The molecule has 17 heavy (non-hydrogen) atoms. The highest BCUT2D eigenvalue weighted by atomic mass is 79.9. The third-order valence-electron chi connectivity index (χ3n) is 2.79. The second-order valence-electron chi connectivity index (χ2n) is 4.09. The van der Waals surface area contributed by atoms with Gasteiger partial charge in [-0.15, -0.1) is 0 Å². The van der Waals surface area contributed by atoms with Gasteiger partial charge in [-0.05, 0) is 49.6 Å². The van der Waals surface area contributed by atoms with Crippen molar-refractivity contribution < 1.29 is 5.11 Å². The molecule has 2 rings (SSSR count). The minimum Gasteiger partial charge on any atom is -0.396 e. The summed E-state index contributed by atoms with van der Waals surface area (Å²) in [5.41, 5.74) is 4.28. The van der Waals surface area contributed by atoms with Gasteiger partial charge >= 0.3 is 0 Å². The molecule has 0 saturated carbocycles. The molecular weight excluding hydrogens is 280 g/mol. The molecule has 0 aliphatic rings. The number of nitrogens with zero attached hydrogens (tertiary/aromatic N) is 2. The number of benzene rings is 1. The van der Waals surface area contributed by atoms with Crippen molar-refractivity contribution in [2.24, 2.45) is 0 Å². The van der Waals surface area contributed by atoms with Crippen LogP contribution in [0.5, 0.6) is 0 Å². The van der Waals surface area contributed by atoms with Crippen LogP contribution in [0.15, 0.2) is 28.9 Å². The molecule has 1 N–H and O–H groups in total. The molecule has 0 amide bonds. The van der Waals surface area contributed by atoms with Gasteiger partial charge in [0.2, 0.25) is 0 Å². The molecule has 0 atom stereocenters. The van der Waals surface area contributed by atoms with Gasteiger partial charge in [-0.25, -0.2) is 4.68 Å². The Hall–Kier alpha value is -1.13. The van der Waals surface area contributed by atoms with E-state index < -0.39 is 0 Å². The maximum atomic E-state index is 8.96. The fourth-order valence-electron chi connectivity index (χ4n) is 1.77. The van der Waals surface area contributed by atoms with E-state index in [1.54, 1.807) is 0 Å². The molecule has 0 saturated heterocycles. The molecule has 4 heteroatoms. The Morgan fingerprint density at radius 3 is 2.76 bits per heavy atom. The molecule has 1 aromatic carbocycles. The molecule has 3 nitrogen and oxygen atoms in total. The minimum atomic E-state index is 0.159. The number of aromatic nitrogens is 2. The molecule has 0 aliphatic heterocycles. The lowest BCUT2D eigenvalue weighted by molar-refractivity contribution is 0.299. The summed E-state index contributed by atoms with van der Waals surface area (Å²) in [5, 5.41) is 13.4. The summed E-state index contributed by atoms with van der Waals surface area (Å²) in [6.07, 6.45) is 2.63. The van der Waals surface area contributed by atoms with Crippen LogP contribution in [-0.4, -0.2) is 21.5 Å². The van der Waals surface area contributed by atoms with Gasteiger partial charge in [0.05, 0.1) is 11.4 Å². The van der Waals surface area contributed by atoms with E-state index in [9.17, 15) is 0 Å². The summed E-state index contributed by atoms with van der Waals surface area (Å²) < 4.78 is 2.96. The molecule has 0 aliphatic carbocycles. The average molecular weight is 295 g/mol. The first-order valence-electron chi connectivity index (χ1n) is 5.54. The number of halogens is 1. The molecule has 0 bridgehead atoms. The fraction of sp³-hybridized carbons (Fsp3) is 0.308. The van der Waals surface area contributed by atoms with E-state index in [0.717, 1.165) is 21.4 Å². The number of aliphatic hydroxyl groups is 1. The Balaban J connectivity index is 2.39. The number of hydrogen-bond donors (Lipinski definition) is 1. The maximum absolute atomic E-state index is 8.96. The predicted molar refractivity (Wildman–Crippen MR) is 71.5 cm³/mol. The summed E-state index contributed by atoms with van der Waals surface area (Å²) in [6, 6.07) is 6.12. The molecule has 0 spiro atoms. The van der Waals surface area contributed by atoms with Crippen LogP contribution in [-0.2, 0) is 6.42 Å². The topological polar surface area (TPSA) is 38.0 Å². The van der Waals surface area contributed by atoms with E-state index in [2.05, 4.69) is 34.0 Å². The number of rotatable bonds is 3. The molecule has 2 aromatic rings. The Kier molecular flexibility index (Phi) is 3.64. The van der Waals surface area contributed by atoms with Gasteiger partial charge in [0, 0.05) is 17.3 Å². The second-order valence-corrected chi connectivity index (χ2v) is 4.95. The van der Waals surface area contributed by atoms with Gasteiger partial charge in [0.15, 0.2) is 0 Å². The standard InChI is InChI=1S/C13H15BrN2O/c1-9-7-12(3-4-13(9)14)16-8-11(5-6-17)10(2)15-16/h3-4,7-8,17H,5-6H2,1-2H3. The van der Waals surface area contributed by atoms with Gasteiger partial charge in [-0.2, -0.15) is 5.10 Å². The van der Waals surface area contributed by atoms with Crippen LogP contribution in [0.4, 0.5) is 0 Å². The first-order valence-corrected chi connectivity index (χ1v) is 6.33.